The zero-order valence-electron chi connectivity index (χ0n) is 13.4. The normalized spacial score (nSPS) is 21.7. The van der Waals surface area contributed by atoms with Gasteiger partial charge >= 0.3 is 0 Å². The van der Waals surface area contributed by atoms with E-state index in [-0.39, 0.29) is 17.7 Å². The number of rotatable bonds is 2. The fourth-order valence-corrected chi connectivity index (χ4v) is 3.26. The Hall–Kier alpha value is -2.43. The first-order valence-corrected chi connectivity index (χ1v) is 8.07. The molecule has 2 aliphatic rings. The van der Waals surface area contributed by atoms with Crippen molar-refractivity contribution in [3.8, 4) is 5.75 Å². The second-order valence-corrected chi connectivity index (χ2v) is 6.16. The smallest absolute Gasteiger partial charge is 0.253 e. The highest BCUT2D eigenvalue weighted by Crippen LogP contribution is 2.31. The third kappa shape index (κ3) is 3.18. The molecule has 0 saturated carbocycles. The summed E-state index contributed by atoms with van der Waals surface area (Å²) < 4.78 is 0. The summed E-state index contributed by atoms with van der Waals surface area (Å²) in [4.78, 5) is 15.0. The highest BCUT2D eigenvalue weighted by atomic mass is 16.3. The van der Waals surface area contributed by atoms with Crippen LogP contribution in [0, 0.1) is 0 Å². The molecule has 2 heterocycles. The van der Waals surface area contributed by atoms with Gasteiger partial charge in [0.15, 0.2) is 0 Å². The van der Waals surface area contributed by atoms with Crippen molar-refractivity contribution in [2.75, 3.05) is 13.1 Å². The number of phenols is 1. The van der Waals surface area contributed by atoms with Crippen LogP contribution in [-0.2, 0) is 4.79 Å². The van der Waals surface area contributed by atoms with E-state index in [9.17, 15) is 9.90 Å². The molecule has 0 bridgehead atoms. The lowest BCUT2D eigenvalue weighted by atomic mass is 9.93. The van der Waals surface area contributed by atoms with Gasteiger partial charge < -0.3 is 20.6 Å². The van der Waals surface area contributed by atoms with Crippen molar-refractivity contribution < 1.29 is 9.90 Å². The average molecular weight is 313 g/mol. The molecule has 1 atom stereocenters. The highest BCUT2D eigenvalue weighted by Gasteiger charge is 2.32. The van der Waals surface area contributed by atoms with E-state index in [1.54, 1.807) is 12.1 Å². The fourth-order valence-electron chi connectivity index (χ4n) is 3.26. The number of amides is 1. The highest BCUT2D eigenvalue weighted by molar-refractivity contribution is 5.96. The van der Waals surface area contributed by atoms with Crippen LogP contribution >= 0.6 is 0 Å². The molecule has 2 aliphatic heterocycles. The van der Waals surface area contributed by atoms with Gasteiger partial charge in [-0.1, -0.05) is 18.7 Å². The first kappa shape index (κ1) is 15.5. The number of nitrogens with one attached hydrogen (secondary N) is 2. The van der Waals surface area contributed by atoms with E-state index in [0.29, 0.717) is 5.82 Å². The number of nitrogens with zero attached hydrogens (tertiary/aromatic N) is 1. The van der Waals surface area contributed by atoms with Crippen molar-refractivity contribution in [1.82, 2.24) is 15.5 Å². The molecule has 0 aliphatic carbocycles. The summed E-state index contributed by atoms with van der Waals surface area (Å²) in [6.45, 7) is 7.48. The number of phenolic OH excluding ortho intramolecular Hbond substituents is 1. The molecule has 1 amide bonds. The van der Waals surface area contributed by atoms with E-state index in [1.807, 2.05) is 24.0 Å². The van der Waals surface area contributed by atoms with Gasteiger partial charge in [0.05, 0.1) is 17.4 Å². The summed E-state index contributed by atoms with van der Waals surface area (Å²) in [6.07, 6.45) is 3.32. The van der Waals surface area contributed by atoms with Crippen molar-refractivity contribution in [2.45, 2.75) is 32.2 Å². The van der Waals surface area contributed by atoms with Crippen molar-refractivity contribution in [1.29, 1.82) is 0 Å². The standard InChI is InChI=1S/C18H23N3O2/c1-12-16(18(23)21-10-4-3-5-11-21)17(20-13(2)19-12)14-6-8-15(22)9-7-14/h6-9,17,19-20,22H,2-5,10-11H2,1H3. The second kappa shape index (κ2) is 6.36. The Kier molecular flexibility index (Phi) is 4.28. The van der Waals surface area contributed by atoms with Gasteiger partial charge in [-0.15, -0.1) is 0 Å². The molecular weight excluding hydrogens is 290 g/mol. The SMILES string of the molecule is C=C1NC(C)=C(C(=O)N2CCCCC2)C(c2ccc(O)cc2)N1. The Morgan fingerprint density at radius 3 is 2.52 bits per heavy atom. The van der Waals surface area contributed by atoms with Gasteiger partial charge in [0.2, 0.25) is 0 Å². The van der Waals surface area contributed by atoms with Crippen LogP contribution in [0.4, 0.5) is 0 Å². The molecule has 23 heavy (non-hydrogen) atoms. The van der Waals surface area contributed by atoms with Gasteiger partial charge in [0, 0.05) is 18.8 Å². The van der Waals surface area contributed by atoms with E-state index in [0.717, 1.165) is 42.8 Å². The molecule has 3 rings (SSSR count). The van der Waals surface area contributed by atoms with Crippen LogP contribution in [0.5, 0.6) is 5.75 Å². The zero-order chi connectivity index (χ0) is 16.4. The summed E-state index contributed by atoms with van der Waals surface area (Å²) in [5.74, 6) is 0.967. The van der Waals surface area contributed by atoms with Crippen molar-refractivity contribution in [3.63, 3.8) is 0 Å². The van der Waals surface area contributed by atoms with Crippen molar-refractivity contribution in [2.24, 2.45) is 0 Å². The van der Waals surface area contributed by atoms with Crippen LogP contribution < -0.4 is 10.6 Å². The van der Waals surface area contributed by atoms with Gasteiger partial charge in [-0.3, -0.25) is 4.79 Å². The average Bonchev–Trinajstić information content (AvgIpc) is 2.55. The summed E-state index contributed by atoms with van der Waals surface area (Å²) in [6, 6.07) is 6.70. The maximum Gasteiger partial charge on any atom is 0.253 e. The topological polar surface area (TPSA) is 64.6 Å². The minimum Gasteiger partial charge on any atom is -0.508 e. The van der Waals surface area contributed by atoms with Crippen LogP contribution in [0.25, 0.3) is 0 Å². The predicted octanol–water partition coefficient (Wildman–Crippen LogP) is 2.38. The molecule has 1 aromatic rings. The molecule has 1 aromatic carbocycles. The molecule has 0 spiro atoms. The van der Waals surface area contributed by atoms with Gasteiger partial charge in [0.1, 0.15) is 5.75 Å². The minimum atomic E-state index is -0.251. The molecule has 0 aromatic heterocycles. The minimum absolute atomic E-state index is 0.0766. The number of benzene rings is 1. The summed E-state index contributed by atoms with van der Waals surface area (Å²) in [5, 5.41) is 15.9. The maximum atomic E-state index is 13.0. The Morgan fingerprint density at radius 1 is 1.22 bits per heavy atom. The third-order valence-corrected chi connectivity index (χ3v) is 4.45. The monoisotopic (exact) mass is 313 g/mol. The maximum absolute atomic E-state index is 13.0. The predicted molar refractivity (Wildman–Crippen MR) is 89.4 cm³/mol. The number of carbonyl (C=O) groups excluding carboxylic acids is 1. The number of likely N-dealkylation sites (tertiary alicyclic amines) is 1. The third-order valence-electron chi connectivity index (χ3n) is 4.45. The van der Waals surface area contributed by atoms with Gasteiger partial charge in [-0.25, -0.2) is 0 Å². The van der Waals surface area contributed by atoms with Crippen LogP contribution in [0.1, 0.15) is 37.8 Å². The summed E-state index contributed by atoms with van der Waals surface area (Å²) in [5.41, 5.74) is 2.50. The Morgan fingerprint density at radius 2 is 1.87 bits per heavy atom. The Balaban J connectivity index is 1.95. The lowest BCUT2D eigenvalue weighted by Crippen LogP contribution is -2.44. The number of hydrogen-bond acceptors (Lipinski definition) is 4. The largest absolute Gasteiger partial charge is 0.508 e. The van der Waals surface area contributed by atoms with E-state index >= 15 is 0 Å². The molecular formula is C18H23N3O2. The van der Waals surface area contributed by atoms with E-state index in [1.165, 1.54) is 6.42 Å². The lowest BCUT2D eigenvalue weighted by molar-refractivity contribution is -0.128. The first-order chi connectivity index (χ1) is 11.1. The van der Waals surface area contributed by atoms with Crippen LogP contribution in [0.15, 0.2) is 47.9 Å². The lowest BCUT2D eigenvalue weighted by Gasteiger charge is -2.35. The molecule has 1 fully saturated rings. The molecule has 0 radical (unpaired) electrons. The molecule has 5 heteroatoms. The fraction of sp³-hybridized carbons (Fsp3) is 0.389. The number of allylic oxidation sites excluding steroid dienone is 1. The Bertz CT molecular complexity index is 643. The quantitative estimate of drug-likeness (QED) is 0.784. The van der Waals surface area contributed by atoms with Gasteiger partial charge in [0.25, 0.3) is 5.91 Å². The van der Waals surface area contributed by atoms with Gasteiger partial charge in [-0.2, -0.15) is 0 Å². The van der Waals surface area contributed by atoms with Crippen LogP contribution in [0.2, 0.25) is 0 Å². The number of carbonyl (C=O) groups is 1. The number of piperidine rings is 1. The van der Waals surface area contributed by atoms with Crippen LogP contribution in [-0.4, -0.2) is 29.0 Å². The van der Waals surface area contributed by atoms with Crippen molar-refractivity contribution >= 4 is 5.91 Å². The second-order valence-electron chi connectivity index (χ2n) is 6.16. The number of hydrogen-bond donors (Lipinski definition) is 3. The number of aromatic hydroxyl groups is 1. The molecule has 1 unspecified atom stereocenters. The van der Waals surface area contributed by atoms with Crippen molar-refractivity contribution in [3.05, 3.63) is 53.5 Å². The zero-order valence-corrected chi connectivity index (χ0v) is 13.4. The summed E-state index contributed by atoms with van der Waals surface area (Å²) >= 11 is 0. The first-order valence-electron chi connectivity index (χ1n) is 8.07. The molecule has 3 N–H and O–H groups in total. The van der Waals surface area contributed by atoms with E-state index < -0.39 is 0 Å². The van der Waals surface area contributed by atoms with E-state index in [4.69, 9.17) is 0 Å². The van der Waals surface area contributed by atoms with E-state index in [2.05, 4.69) is 17.2 Å². The summed E-state index contributed by atoms with van der Waals surface area (Å²) in [7, 11) is 0. The van der Waals surface area contributed by atoms with Gasteiger partial charge in [-0.05, 0) is 43.9 Å². The molecule has 122 valence electrons. The van der Waals surface area contributed by atoms with Crippen LogP contribution in [0.3, 0.4) is 0 Å². The molecule has 1 saturated heterocycles. The Labute approximate surface area is 136 Å². The molecule has 5 nitrogen and oxygen atoms in total.